The summed E-state index contributed by atoms with van der Waals surface area (Å²) >= 11 is 1.62. The van der Waals surface area contributed by atoms with Crippen molar-refractivity contribution in [2.24, 2.45) is 0 Å². The highest BCUT2D eigenvalue weighted by atomic mass is 32.1. The second kappa shape index (κ2) is 6.90. The average Bonchev–Trinajstić information content (AvgIpc) is 2.93. The fraction of sp³-hybridized carbons (Fsp3) is 0.333. The Morgan fingerprint density at radius 3 is 2.45 bits per heavy atom. The fourth-order valence-corrected chi connectivity index (χ4v) is 2.86. The van der Waals surface area contributed by atoms with E-state index in [1.165, 1.54) is 5.56 Å². The van der Waals surface area contributed by atoms with Crippen molar-refractivity contribution < 1.29 is 13.2 Å². The smallest absolute Gasteiger partial charge is 0.194 e. The van der Waals surface area contributed by atoms with E-state index in [0.29, 0.717) is 18.5 Å². The Balaban J connectivity index is 2.15. The molecule has 0 fully saturated rings. The Kier molecular flexibility index (Phi) is 5.20. The van der Waals surface area contributed by atoms with E-state index in [4.69, 9.17) is 0 Å². The minimum atomic E-state index is -1.41. The van der Waals surface area contributed by atoms with Crippen molar-refractivity contribution in [1.82, 2.24) is 5.32 Å². The van der Waals surface area contributed by atoms with Crippen LogP contribution in [0.3, 0.4) is 0 Å². The van der Waals surface area contributed by atoms with Crippen molar-refractivity contribution in [3.8, 4) is 0 Å². The molecule has 0 saturated heterocycles. The van der Waals surface area contributed by atoms with E-state index in [1.54, 1.807) is 11.3 Å². The first-order valence-electron chi connectivity index (χ1n) is 6.50. The number of nitrogens with one attached hydrogen (secondary N) is 1. The summed E-state index contributed by atoms with van der Waals surface area (Å²) in [6.45, 7) is 2.60. The maximum Gasteiger partial charge on any atom is 0.194 e. The SMILES string of the molecule is CCNC(CCc1ccsc1)c1cc(F)c(F)c(F)c1. The molecule has 1 heterocycles. The molecule has 1 nitrogen and oxygen atoms in total. The van der Waals surface area contributed by atoms with Crippen LogP contribution in [0.25, 0.3) is 0 Å². The van der Waals surface area contributed by atoms with Crippen LogP contribution < -0.4 is 5.32 Å². The molecule has 0 spiro atoms. The van der Waals surface area contributed by atoms with Gasteiger partial charge in [-0.3, -0.25) is 0 Å². The molecule has 0 aliphatic heterocycles. The third-order valence-corrected chi connectivity index (χ3v) is 3.89. The number of aryl methyl sites for hydroxylation is 1. The molecule has 0 aliphatic carbocycles. The Bertz CT molecular complexity index is 531. The first-order chi connectivity index (χ1) is 9.61. The molecule has 0 amide bonds. The highest BCUT2D eigenvalue weighted by Crippen LogP contribution is 2.23. The van der Waals surface area contributed by atoms with Gasteiger partial charge in [-0.2, -0.15) is 11.3 Å². The van der Waals surface area contributed by atoms with Gasteiger partial charge in [0.1, 0.15) is 0 Å². The quantitative estimate of drug-likeness (QED) is 0.777. The lowest BCUT2D eigenvalue weighted by atomic mass is 9.99. The average molecular weight is 299 g/mol. The Labute approximate surface area is 120 Å². The third-order valence-electron chi connectivity index (χ3n) is 3.16. The molecule has 0 aliphatic rings. The van der Waals surface area contributed by atoms with E-state index >= 15 is 0 Å². The number of thiophene rings is 1. The van der Waals surface area contributed by atoms with Crippen molar-refractivity contribution >= 4 is 11.3 Å². The molecule has 0 radical (unpaired) electrons. The molecule has 1 aromatic carbocycles. The van der Waals surface area contributed by atoms with E-state index < -0.39 is 17.5 Å². The van der Waals surface area contributed by atoms with Crippen LogP contribution in [0.4, 0.5) is 13.2 Å². The second-order valence-corrected chi connectivity index (χ2v) is 5.36. The first kappa shape index (κ1) is 15.1. The molecular weight excluding hydrogens is 283 g/mol. The van der Waals surface area contributed by atoms with Crippen molar-refractivity contribution in [3.05, 3.63) is 57.5 Å². The van der Waals surface area contributed by atoms with Crippen LogP contribution in [-0.2, 0) is 6.42 Å². The second-order valence-electron chi connectivity index (χ2n) is 4.58. The van der Waals surface area contributed by atoms with Gasteiger partial charge in [-0.1, -0.05) is 6.92 Å². The van der Waals surface area contributed by atoms with Crippen LogP contribution >= 0.6 is 11.3 Å². The Hall–Kier alpha value is -1.33. The fourth-order valence-electron chi connectivity index (χ4n) is 2.16. The van der Waals surface area contributed by atoms with E-state index in [1.807, 2.05) is 18.4 Å². The number of halogens is 3. The van der Waals surface area contributed by atoms with Crippen molar-refractivity contribution in [2.45, 2.75) is 25.8 Å². The molecule has 5 heteroatoms. The zero-order valence-corrected chi connectivity index (χ0v) is 11.9. The molecule has 1 atom stereocenters. The van der Waals surface area contributed by atoms with Gasteiger partial charge in [0, 0.05) is 6.04 Å². The maximum atomic E-state index is 13.3. The summed E-state index contributed by atoms with van der Waals surface area (Å²) in [5.74, 6) is -3.70. The zero-order chi connectivity index (χ0) is 14.5. The highest BCUT2D eigenvalue weighted by molar-refractivity contribution is 7.07. The normalized spacial score (nSPS) is 12.6. The lowest BCUT2D eigenvalue weighted by Gasteiger charge is -2.18. The highest BCUT2D eigenvalue weighted by Gasteiger charge is 2.17. The molecule has 2 rings (SSSR count). The minimum absolute atomic E-state index is 0.190. The predicted molar refractivity (Wildman–Crippen MR) is 75.4 cm³/mol. The van der Waals surface area contributed by atoms with Crippen LogP contribution in [0.15, 0.2) is 29.0 Å². The van der Waals surface area contributed by atoms with Crippen molar-refractivity contribution in [2.75, 3.05) is 6.54 Å². The lowest BCUT2D eigenvalue weighted by Crippen LogP contribution is -2.22. The van der Waals surface area contributed by atoms with Gasteiger partial charge >= 0.3 is 0 Å². The molecule has 1 N–H and O–H groups in total. The summed E-state index contributed by atoms with van der Waals surface area (Å²) < 4.78 is 39.6. The summed E-state index contributed by atoms with van der Waals surface area (Å²) in [5.41, 5.74) is 1.64. The lowest BCUT2D eigenvalue weighted by molar-refractivity contribution is 0.437. The standard InChI is InChI=1S/C15H16F3NS/c1-2-19-14(4-3-10-5-6-20-9-10)11-7-12(16)15(18)13(17)8-11/h5-9,14,19H,2-4H2,1H3. The monoisotopic (exact) mass is 299 g/mol. The number of hydrogen-bond acceptors (Lipinski definition) is 2. The summed E-state index contributed by atoms with van der Waals surface area (Å²) in [5, 5.41) is 7.23. The van der Waals surface area contributed by atoms with E-state index in [9.17, 15) is 13.2 Å². The van der Waals surface area contributed by atoms with Gasteiger partial charge in [0.05, 0.1) is 0 Å². The molecule has 0 saturated carbocycles. The van der Waals surface area contributed by atoms with E-state index in [0.717, 1.165) is 18.6 Å². The summed E-state index contributed by atoms with van der Waals surface area (Å²) in [4.78, 5) is 0. The third kappa shape index (κ3) is 3.61. The van der Waals surface area contributed by atoms with Gasteiger partial charge in [-0.05, 0) is 59.5 Å². The van der Waals surface area contributed by atoms with Crippen LogP contribution in [0.2, 0.25) is 0 Å². The molecule has 1 unspecified atom stereocenters. The van der Waals surface area contributed by atoms with Crippen LogP contribution in [-0.4, -0.2) is 6.54 Å². The molecule has 2 aromatic rings. The van der Waals surface area contributed by atoms with Gasteiger partial charge in [0.2, 0.25) is 0 Å². The van der Waals surface area contributed by atoms with Gasteiger partial charge in [-0.15, -0.1) is 0 Å². The number of benzene rings is 1. The molecule has 0 bridgehead atoms. The van der Waals surface area contributed by atoms with Gasteiger partial charge in [-0.25, -0.2) is 13.2 Å². The molecular formula is C15H16F3NS. The van der Waals surface area contributed by atoms with Crippen LogP contribution in [0.1, 0.15) is 30.5 Å². The summed E-state index contributed by atoms with van der Waals surface area (Å²) in [6, 6.07) is 3.97. The van der Waals surface area contributed by atoms with Crippen molar-refractivity contribution in [3.63, 3.8) is 0 Å². The summed E-state index contributed by atoms with van der Waals surface area (Å²) in [6.07, 6.45) is 1.51. The van der Waals surface area contributed by atoms with E-state index in [2.05, 4.69) is 10.7 Å². The zero-order valence-electron chi connectivity index (χ0n) is 11.1. The van der Waals surface area contributed by atoms with Crippen LogP contribution in [0, 0.1) is 17.5 Å². The largest absolute Gasteiger partial charge is 0.310 e. The molecule has 1 aromatic heterocycles. The molecule has 108 valence electrons. The minimum Gasteiger partial charge on any atom is -0.310 e. The number of rotatable bonds is 6. The van der Waals surface area contributed by atoms with Gasteiger partial charge < -0.3 is 5.32 Å². The first-order valence-corrected chi connectivity index (χ1v) is 7.45. The van der Waals surface area contributed by atoms with Crippen LogP contribution in [0.5, 0.6) is 0 Å². The maximum absolute atomic E-state index is 13.3. The molecule has 20 heavy (non-hydrogen) atoms. The van der Waals surface area contributed by atoms with Gasteiger partial charge in [0.25, 0.3) is 0 Å². The Morgan fingerprint density at radius 1 is 1.20 bits per heavy atom. The Morgan fingerprint density at radius 2 is 1.90 bits per heavy atom. The van der Waals surface area contributed by atoms with Crippen molar-refractivity contribution in [1.29, 1.82) is 0 Å². The predicted octanol–water partition coefficient (Wildman–Crippen LogP) is 4.45. The number of hydrogen-bond donors (Lipinski definition) is 1. The van der Waals surface area contributed by atoms with E-state index in [-0.39, 0.29) is 6.04 Å². The summed E-state index contributed by atoms with van der Waals surface area (Å²) in [7, 11) is 0. The topological polar surface area (TPSA) is 12.0 Å². The van der Waals surface area contributed by atoms with Gasteiger partial charge in [0.15, 0.2) is 17.5 Å².